The minimum Gasteiger partial charge on any atom is -0.208 e. The monoisotopic (exact) mass is 838 g/mol. The fourth-order valence-corrected chi connectivity index (χ4v) is 6.35. The van der Waals surface area contributed by atoms with Crippen LogP contribution in [-0.2, 0) is 0 Å². The molecule has 2 aliphatic heterocycles. The topological polar surface area (TPSA) is 87.2 Å². The zero-order valence-corrected chi connectivity index (χ0v) is 26.4. The van der Waals surface area contributed by atoms with Gasteiger partial charge in [0.05, 0.1) is 43.8 Å². The summed E-state index contributed by atoms with van der Waals surface area (Å²) >= 11 is 0. The second-order valence-electron chi connectivity index (χ2n) is 11.8. The van der Waals surface area contributed by atoms with Gasteiger partial charge in [-0.25, -0.2) is 100 Å². The summed E-state index contributed by atoms with van der Waals surface area (Å²) in [6.45, 7) is 0. The zero-order valence-electron chi connectivity index (χ0n) is 26.4. The SMILES string of the molecule is Fc1c(F)c(F)c2c(c1F)-c1nc-2nc2c3c(F)c(F)c(F)c(F)c3c(nc3nc(nc4c5c(F)c(F)c(F)c(F)c5c(n1)n4F)-c1c(F)c(F)c(F)c(F)c1-3)n2F. The molecule has 8 nitrogen and oxygen atoms in total. The summed E-state index contributed by atoms with van der Waals surface area (Å²) in [6, 6.07) is 0. The number of benzene rings is 4. The van der Waals surface area contributed by atoms with Crippen LogP contribution in [0.2, 0.25) is 0 Å². The zero-order chi connectivity index (χ0) is 41.9. The van der Waals surface area contributed by atoms with E-state index in [9.17, 15) is 35.1 Å². The van der Waals surface area contributed by atoms with Gasteiger partial charge in [-0.1, -0.05) is 8.96 Å². The molecule has 0 fully saturated rings. The Hall–Kier alpha value is -7.02. The maximum Gasteiger partial charge on any atom is 0.198 e. The van der Waals surface area contributed by atoms with E-state index in [1.165, 1.54) is 0 Å². The van der Waals surface area contributed by atoms with Gasteiger partial charge >= 0.3 is 0 Å². The Morgan fingerprint density at radius 1 is 0.224 bits per heavy atom. The molecule has 58 heavy (non-hydrogen) atoms. The van der Waals surface area contributed by atoms with Gasteiger partial charge in [0.25, 0.3) is 0 Å². The molecule has 0 N–H and O–H groups in total. The summed E-state index contributed by atoms with van der Waals surface area (Å²) in [6.07, 6.45) is 0. The van der Waals surface area contributed by atoms with E-state index in [4.69, 9.17) is 0 Å². The molecule has 0 spiro atoms. The molecule has 5 heterocycles. The summed E-state index contributed by atoms with van der Waals surface area (Å²) in [7, 11) is 0. The van der Waals surface area contributed by atoms with E-state index in [0.29, 0.717) is 0 Å². The van der Waals surface area contributed by atoms with E-state index in [-0.39, 0.29) is 0 Å². The van der Waals surface area contributed by atoms with Gasteiger partial charge < -0.3 is 0 Å². The van der Waals surface area contributed by atoms with Crippen LogP contribution in [0, 0.1) is 93.1 Å². The van der Waals surface area contributed by atoms with Gasteiger partial charge in [0.15, 0.2) is 139 Å². The largest absolute Gasteiger partial charge is 0.208 e. The Morgan fingerprint density at radius 2 is 0.397 bits per heavy atom. The van der Waals surface area contributed by atoms with Crippen LogP contribution >= 0.6 is 0 Å². The number of hydrogen-bond donors (Lipinski definition) is 0. The van der Waals surface area contributed by atoms with Crippen molar-refractivity contribution in [3.8, 4) is 45.6 Å². The van der Waals surface area contributed by atoms with Crippen LogP contribution in [0.25, 0.3) is 89.7 Å². The molecule has 3 aromatic heterocycles. The first-order chi connectivity index (χ1) is 27.3. The number of nitrogens with zero attached hydrogens (tertiary/aromatic N) is 8. The summed E-state index contributed by atoms with van der Waals surface area (Å²) in [5.41, 5.74) is -14.8. The highest BCUT2D eigenvalue weighted by molar-refractivity contribution is 6.08. The lowest BCUT2D eigenvalue weighted by molar-refractivity contribution is 0.398. The second-order valence-corrected chi connectivity index (χ2v) is 11.8. The first kappa shape index (κ1) is 36.6. The van der Waals surface area contributed by atoms with Gasteiger partial charge in [-0.05, 0) is 0 Å². The third-order valence-corrected chi connectivity index (χ3v) is 8.87. The first-order valence-corrected chi connectivity index (χ1v) is 14.9. The fourth-order valence-electron chi connectivity index (χ4n) is 6.35. The fraction of sp³-hybridized carbons (Fsp3) is 0. The Bertz CT molecular complexity index is 2920. The number of hydrogen-bond acceptors (Lipinski definition) is 6. The van der Waals surface area contributed by atoms with Crippen molar-refractivity contribution in [1.82, 2.24) is 39.5 Å². The third-order valence-electron chi connectivity index (χ3n) is 8.87. The van der Waals surface area contributed by atoms with Crippen LogP contribution in [0.3, 0.4) is 0 Å². The van der Waals surface area contributed by atoms with Crippen molar-refractivity contribution in [1.29, 1.82) is 0 Å². The summed E-state index contributed by atoms with van der Waals surface area (Å²) in [5.74, 6) is -48.8. The average molecular weight is 838 g/mol. The summed E-state index contributed by atoms with van der Waals surface area (Å²) < 4.78 is 273. The van der Waals surface area contributed by atoms with Crippen molar-refractivity contribution >= 4 is 44.1 Å². The predicted molar refractivity (Wildman–Crippen MR) is 156 cm³/mol. The van der Waals surface area contributed by atoms with Crippen molar-refractivity contribution < 1.29 is 79.2 Å². The Balaban J connectivity index is 1.66. The van der Waals surface area contributed by atoms with Crippen LogP contribution in [0.4, 0.5) is 79.2 Å². The second kappa shape index (κ2) is 11.8. The predicted octanol–water partition coefficient (Wildman–Crippen LogP) is 9.51. The lowest BCUT2D eigenvalue weighted by Crippen LogP contribution is -2.02. The van der Waals surface area contributed by atoms with Crippen molar-refractivity contribution in [3.63, 3.8) is 0 Å². The van der Waals surface area contributed by atoms with E-state index < -0.39 is 192 Å². The molecule has 0 saturated carbocycles. The van der Waals surface area contributed by atoms with Crippen molar-refractivity contribution in [2.45, 2.75) is 0 Å². The van der Waals surface area contributed by atoms with Crippen molar-refractivity contribution in [2.75, 3.05) is 0 Å². The number of aromatic nitrogens is 8. The molecule has 0 atom stereocenters. The molecule has 294 valence electrons. The van der Waals surface area contributed by atoms with E-state index in [1.54, 1.807) is 0 Å². The molecule has 9 rings (SSSR count). The number of fused-ring (bicyclic) bond motifs is 20. The van der Waals surface area contributed by atoms with E-state index in [0.717, 1.165) is 0 Å². The molecule has 7 aromatic rings. The summed E-state index contributed by atoms with van der Waals surface area (Å²) in [4.78, 5) is 17.4. The number of halogens is 18. The van der Waals surface area contributed by atoms with Gasteiger partial charge in [-0.15, -0.1) is 9.58 Å². The molecule has 2 aliphatic rings. The number of rotatable bonds is 0. The van der Waals surface area contributed by atoms with Crippen LogP contribution in [0.5, 0.6) is 0 Å². The average Bonchev–Trinajstić information content (AvgIpc) is 3.90. The molecule has 0 saturated heterocycles. The minimum absolute atomic E-state index is 1.17. The molecule has 26 heteroatoms. The lowest BCUT2D eigenvalue weighted by atomic mass is 10.1. The minimum atomic E-state index is -2.72. The first-order valence-electron chi connectivity index (χ1n) is 14.9. The molecule has 0 aliphatic carbocycles. The van der Waals surface area contributed by atoms with Crippen LogP contribution in [-0.4, -0.2) is 39.5 Å². The smallest absolute Gasteiger partial charge is 0.198 e. The Morgan fingerprint density at radius 3 is 0.586 bits per heavy atom. The highest BCUT2D eigenvalue weighted by atomic mass is 19.2. The van der Waals surface area contributed by atoms with Crippen LogP contribution in [0.1, 0.15) is 0 Å². The Labute approximate surface area is 301 Å². The maximum absolute atomic E-state index is 16.3. The normalized spacial score (nSPS) is 12.3. The molecule has 0 amide bonds. The highest BCUT2D eigenvalue weighted by Crippen LogP contribution is 2.45. The lowest BCUT2D eigenvalue weighted by Gasteiger charge is -2.05. The van der Waals surface area contributed by atoms with E-state index >= 15 is 44.1 Å². The highest BCUT2D eigenvalue weighted by Gasteiger charge is 2.38. The van der Waals surface area contributed by atoms with Gasteiger partial charge in [-0.3, -0.25) is 0 Å². The molecule has 0 radical (unpaired) electrons. The van der Waals surface area contributed by atoms with Crippen LogP contribution < -0.4 is 0 Å². The Kier molecular flexibility index (Phi) is 7.42. The van der Waals surface area contributed by atoms with Gasteiger partial charge in [0.2, 0.25) is 0 Å². The van der Waals surface area contributed by atoms with Crippen LogP contribution in [0.15, 0.2) is 0 Å². The molecule has 0 unspecified atom stereocenters. The third kappa shape index (κ3) is 4.35. The van der Waals surface area contributed by atoms with Crippen molar-refractivity contribution in [2.24, 2.45) is 0 Å². The quantitative estimate of drug-likeness (QED) is 0.0860. The molecular formula is C32F18N8. The molecular weight excluding hydrogens is 838 g/mol. The van der Waals surface area contributed by atoms with E-state index in [1.807, 2.05) is 0 Å². The summed E-state index contributed by atoms with van der Waals surface area (Å²) in [5, 5.41) is -7.42. The standard InChI is InChI=1S/C32F18N8/c33-9-1-2(10(34)18(42)17(9)41)26-51-25(1)53-29-5-6(14(38)22(46)21(45)13(5)37)31(57(29)49)55-27-3-4(12(36)20(44)19(43)11(3)35)28(52-27)56-32-8-7(30(54-26)58(32)50)15(39)23(47)24(48)16(8)40. The molecule has 4 aromatic carbocycles. The van der Waals surface area contributed by atoms with E-state index in [2.05, 4.69) is 29.9 Å². The molecule has 8 bridgehead atoms. The van der Waals surface area contributed by atoms with Gasteiger partial charge in [-0.2, -0.15) is 0 Å². The maximum atomic E-state index is 16.3. The van der Waals surface area contributed by atoms with Crippen molar-refractivity contribution in [3.05, 3.63) is 93.1 Å². The van der Waals surface area contributed by atoms with Gasteiger partial charge in [0.1, 0.15) is 0 Å². The van der Waals surface area contributed by atoms with Gasteiger partial charge in [0, 0.05) is 0 Å².